The second kappa shape index (κ2) is 4.77. The first-order chi connectivity index (χ1) is 8.15. The van der Waals surface area contributed by atoms with E-state index >= 15 is 0 Å². The van der Waals surface area contributed by atoms with E-state index in [1.165, 1.54) is 12.4 Å². The van der Waals surface area contributed by atoms with Crippen LogP contribution < -0.4 is 10.9 Å². The highest BCUT2D eigenvalue weighted by atomic mass is 16.1. The lowest BCUT2D eigenvalue weighted by molar-refractivity contribution is 0.766. The van der Waals surface area contributed by atoms with Crippen molar-refractivity contribution in [3.05, 3.63) is 34.4 Å². The molecule has 0 aromatic carbocycles. The lowest BCUT2D eigenvalue weighted by Gasteiger charge is -2.07. The van der Waals surface area contributed by atoms with E-state index in [1.807, 2.05) is 13.8 Å². The molecular weight excluding hydrogens is 220 g/mol. The van der Waals surface area contributed by atoms with Gasteiger partial charge in [-0.2, -0.15) is 5.10 Å². The zero-order chi connectivity index (χ0) is 12.3. The van der Waals surface area contributed by atoms with Gasteiger partial charge in [-0.05, 0) is 0 Å². The number of nitrogens with zero attached hydrogens (tertiary/aromatic N) is 3. The van der Waals surface area contributed by atoms with Gasteiger partial charge >= 0.3 is 0 Å². The summed E-state index contributed by atoms with van der Waals surface area (Å²) in [5, 5.41) is 9.47. The van der Waals surface area contributed by atoms with Gasteiger partial charge in [0.15, 0.2) is 0 Å². The van der Waals surface area contributed by atoms with Crippen LogP contribution in [0.4, 0.5) is 5.82 Å². The molecule has 0 atom stereocenters. The SMILES string of the molecule is CC(C)c1nc(NCc2ncn[nH]2)cc(=O)[nH]1. The van der Waals surface area contributed by atoms with Gasteiger partial charge in [-0.25, -0.2) is 9.97 Å². The zero-order valence-electron chi connectivity index (χ0n) is 9.69. The smallest absolute Gasteiger partial charge is 0.252 e. The maximum absolute atomic E-state index is 11.4. The number of hydrogen-bond acceptors (Lipinski definition) is 5. The molecule has 0 aliphatic heterocycles. The van der Waals surface area contributed by atoms with Crippen molar-refractivity contribution in [3.8, 4) is 0 Å². The van der Waals surface area contributed by atoms with Crippen molar-refractivity contribution in [2.75, 3.05) is 5.32 Å². The molecule has 90 valence electrons. The highest BCUT2D eigenvalue weighted by molar-refractivity contribution is 5.33. The number of aromatic amines is 2. The summed E-state index contributed by atoms with van der Waals surface area (Å²) in [6.45, 7) is 4.39. The van der Waals surface area contributed by atoms with Crippen molar-refractivity contribution in [2.24, 2.45) is 0 Å². The van der Waals surface area contributed by atoms with Gasteiger partial charge < -0.3 is 10.3 Å². The maximum atomic E-state index is 11.4. The first-order valence-electron chi connectivity index (χ1n) is 5.34. The molecule has 3 N–H and O–H groups in total. The van der Waals surface area contributed by atoms with Crippen LogP contribution in [0.3, 0.4) is 0 Å². The largest absolute Gasteiger partial charge is 0.363 e. The van der Waals surface area contributed by atoms with Crippen LogP contribution in [-0.4, -0.2) is 25.1 Å². The molecule has 0 radical (unpaired) electrons. The molecule has 2 aromatic rings. The Labute approximate surface area is 97.7 Å². The topological polar surface area (TPSA) is 99.3 Å². The Balaban J connectivity index is 2.13. The van der Waals surface area contributed by atoms with Gasteiger partial charge in [0.05, 0.1) is 6.54 Å². The van der Waals surface area contributed by atoms with Gasteiger partial charge in [-0.15, -0.1) is 0 Å². The van der Waals surface area contributed by atoms with Gasteiger partial charge in [-0.3, -0.25) is 9.89 Å². The Morgan fingerprint density at radius 3 is 2.94 bits per heavy atom. The molecule has 0 bridgehead atoms. The molecular formula is C10H14N6O. The standard InChI is InChI=1S/C10H14N6O/c1-6(2)10-14-7(3-9(17)15-10)11-4-8-12-5-13-16-8/h3,5-6H,4H2,1-2H3,(H,12,13,16)(H2,11,14,15,17). The first kappa shape index (κ1) is 11.3. The third kappa shape index (κ3) is 2.90. The van der Waals surface area contributed by atoms with Crippen molar-refractivity contribution < 1.29 is 0 Å². The highest BCUT2D eigenvalue weighted by Gasteiger charge is 2.05. The normalized spacial score (nSPS) is 10.8. The van der Waals surface area contributed by atoms with Crippen molar-refractivity contribution in [2.45, 2.75) is 26.3 Å². The van der Waals surface area contributed by atoms with Crippen molar-refractivity contribution >= 4 is 5.82 Å². The predicted molar refractivity (Wildman–Crippen MR) is 62.7 cm³/mol. The van der Waals surface area contributed by atoms with Gasteiger partial charge in [0, 0.05) is 12.0 Å². The monoisotopic (exact) mass is 234 g/mol. The molecule has 0 aliphatic rings. The average Bonchev–Trinajstić information content (AvgIpc) is 2.78. The number of hydrogen-bond donors (Lipinski definition) is 3. The number of aromatic nitrogens is 5. The Kier molecular flexibility index (Phi) is 3.17. The number of nitrogens with one attached hydrogen (secondary N) is 3. The molecule has 17 heavy (non-hydrogen) atoms. The molecule has 0 unspecified atom stereocenters. The van der Waals surface area contributed by atoms with E-state index in [2.05, 4.69) is 30.5 Å². The quantitative estimate of drug-likeness (QED) is 0.720. The summed E-state index contributed by atoms with van der Waals surface area (Å²) in [7, 11) is 0. The molecule has 0 fully saturated rings. The van der Waals surface area contributed by atoms with E-state index in [0.29, 0.717) is 24.0 Å². The zero-order valence-corrected chi connectivity index (χ0v) is 9.69. The van der Waals surface area contributed by atoms with Crippen LogP contribution in [0.2, 0.25) is 0 Å². The molecule has 7 nitrogen and oxygen atoms in total. The van der Waals surface area contributed by atoms with E-state index in [0.717, 1.165) is 0 Å². The molecule has 2 aromatic heterocycles. The average molecular weight is 234 g/mol. The number of anilines is 1. The lowest BCUT2D eigenvalue weighted by atomic mass is 10.2. The molecule has 7 heteroatoms. The van der Waals surface area contributed by atoms with Gasteiger partial charge in [-0.1, -0.05) is 13.8 Å². The minimum Gasteiger partial charge on any atom is -0.363 e. The Hall–Kier alpha value is -2.18. The molecule has 0 saturated heterocycles. The summed E-state index contributed by atoms with van der Waals surface area (Å²) in [5.41, 5.74) is -0.163. The van der Waals surface area contributed by atoms with Crippen LogP contribution >= 0.6 is 0 Å². The van der Waals surface area contributed by atoms with E-state index in [-0.39, 0.29) is 11.5 Å². The summed E-state index contributed by atoms with van der Waals surface area (Å²) in [6, 6.07) is 1.42. The second-order valence-electron chi connectivity index (χ2n) is 3.96. The van der Waals surface area contributed by atoms with E-state index in [1.54, 1.807) is 0 Å². The fraction of sp³-hybridized carbons (Fsp3) is 0.400. The highest BCUT2D eigenvalue weighted by Crippen LogP contribution is 2.09. The van der Waals surface area contributed by atoms with Gasteiger partial charge in [0.2, 0.25) is 0 Å². The summed E-state index contributed by atoms with van der Waals surface area (Å²) in [5.74, 6) is 2.07. The molecule has 2 rings (SSSR count). The van der Waals surface area contributed by atoms with Crippen molar-refractivity contribution in [1.82, 2.24) is 25.1 Å². The summed E-state index contributed by atoms with van der Waals surface area (Å²) >= 11 is 0. The summed E-state index contributed by atoms with van der Waals surface area (Å²) in [4.78, 5) is 22.4. The number of H-pyrrole nitrogens is 2. The van der Waals surface area contributed by atoms with Crippen molar-refractivity contribution in [3.63, 3.8) is 0 Å². The van der Waals surface area contributed by atoms with Crippen LogP contribution in [0.15, 0.2) is 17.2 Å². The molecule has 0 aliphatic carbocycles. The summed E-state index contributed by atoms with van der Waals surface area (Å²) in [6.07, 6.45) is 1.43. The van der Waals surface area contributed by atoms with E-state index < -0.39 is 0 Å². The Morgan fingerprint density at radius 2 is 2.29 bits per heavy atom. The van der Waals surface area contributed by atoms with Gasteiger partial charge in [0.1, 0.15) is 23.8 Å². The lowest BCUT2D eigenvalue weighted by Crippen LogP contribution is -2.14. The van der Waals surface area contributed by atoms with Crippen LogP contribution in [0.1, 0.15) is 31.4 Å². The molecule has 0 amide bonds. The van der Waals surface area contributed by atoms with Crippen LogP contribution in [0, 0.1) is 0 Å². The third-order valence-electron chi connectivity index (χ3n) is 2.21. The molecule has 0 spiro atoms. The molecule has 2 heterocycles. The van der Waals surface area contributed by atoms with E-state index in [9.17, 15) is 4.79 Å². The van der Waals surface area contributed by atoms with Crippen LogP contribution in [0.5, 0.6) is 0 Å². The fourth-order valence-electron chi connectivity index (χ4n) is 1.33. The maximum Gasteiger partial charge on any atom is 0.252 e. The Bertz CT molecular complexity index is 530. The Morgan fingerprint density at radius 1 is 1.47 bits per heavy atom. The number of rotatable bonds is 4. The fourth-order valence-corrected chi connectivity index (χ4v) is 1.33. The summed E-state index contributed by atoms with van der Waals surface area (Å²) < 4.78 is 0. The molecule has 0 saturated carbocycles. The first-order valence-corrected chi connectivity index (χ1v) is 5.34. The van der Waals surface area contributed by atoms with Gasteiger partial charge in [0.25, 0.3) is 5.56 Å². The second-order valence-corrected chi connectivity index (χ2v) is 3.96. The minimum absolute atomic E-state index is 0.163. The van der Waals surface area contributed by atoms with Crippen molar-refractivity contribution in [1.29, 1.82) is 0 Å². The predicted octanol–water partition coefficient (Wildman–Crippen LogP) is 0.623. The van der Waals surface area contributed by atoms with E-state index in [4.69, 9.17) is 0 Å². The van der Waals surface area contributed by atoms with Crippen LogP contribution in [0.25, 0.3) is 0 Å². The van der Waals surface area contributed by atoms with Crippen LogP contribution in [-0.2, 0) is 6.54 Å². The minimum atomic E-state index is -0.163. The third-order valence-corrected chi connectivity index (χ3v) is 2.21.